The van der Waals surface area contributed by atoms with E-state index >= 15 is 0 Å². The molecule has 0 saturated heterocycles. The fourth-order valence-corrected chi connectivity index (χ4v) is 3.60. The number of allylic oxidation sites excluding steroid dienone is 2. The molecule has 0 radical (unpaired) electrons. The molecule has 0 saturated carbocycles. The van der Waals surface area contributed by atoms with Crippen molar-refractivity contribution < 1.29 is 9.59 Å². The Labute approximate surface area is 176 Å². The van der Waals surface area contributed by atoms with E-state index in [1.54, 1.807) is 24.3 Å². The first kappa shape index (κ1) is 19.4. The monoisotopic (exact) mass is 394 g/mol. The Hall–Kier alpha value is -3.92. The Balaban J connectivity index is 1.74. The Morgan fingerprint density at radius 1 is 0.667 bits per heavy atom. The van der Waals surface area contributed by atoms with Gasteiger partial charge in [0, 0.05) is 23.1 Å². The summed E-state index contributed by atoms with van der Waals surface area (Å²) >= 11 is 0. The predicted molar refractivity (Wildman–Crippen MR) is 119 cm³/mol. The fraction of sp³-hybridized carbons (Fsp3) is 0.0769. The average molecular weight is 394 g/mol. The van der Waals surface area contributed by atoms with Gasteiger partial charge in [-0.3, -0.25) is 9.59 Å². The second kappa shape index (κ2) is 8.62. The maximum atomic E-state index is 13.1. The lowest BCUT2D eigenvalue weighted by Crippen LogP contribution is -2.61. The van der Waals surface area contributed by atoms with Crippen molar-refractivity contribution in [2.45, 2.75) is 12.1 Å². The van der Waals surface area contributed by atoms with Crippen LogP contribution in [0.3, 0.4) is 0 Å². The lowest BCUT2D eigenvalue weighted by Gasteiger charge is -2.39. The number of hydrogen-bond acceptors (Lipinski definition) is 2. The van der Waals surface area contributed by atoms with Gasteiger partial charge in [-0.25, -0.2) is 0 Å². The molecule has 2 N–H and O–H groups in total. The highest BCUT2D eigenvalue weighted by molar-refractivity contribution is 6.00. The Kier molecular flexibility index (Phi) is 5.57. The summed E-state index contributed by atoms with van der Waals surface area (Å²) in [6.07, 6.45) is 6.27. The molecule has 0 aromatic heterocycles. The van der Waals surface area contributed by atoms with Crippen LogP contribution < -0.4 is 10.6 Å². The van der Waals surface area contributed by atoms with Gasteiger partial charge in [-0.05, 0) is 29.8 Å². The number of carbonyl (C=O) groups excluding carboxylic acids is 2. The molecule has 0 bridgehead atoms. The molecule has 148 valence electrons. The highest BCUT2D eigenvalue weighted by atomic mass is 16.2. The third-order valence-electron chi connectivity index (χ3n) is 5.09. The molecule has 3 aromatic rings. The van der Waals surface area contributed by atoms with Crippen LogP contribution in [0.1, 0.15) is 32.7 Å². The molecule has 2 amide bonds. The zero-order valence-electron chi connectivity index (χ0n) is 16.4. The number of hydrogen-bond donors (Lipinski definition) is 2. The molecule has 0 spiro atoms. The lowest BCUT2D eigenvalue weighted by atomic mass is 9.85. The summed E-state index contributed by atoms with van der Waals surface area (Å²) in [5, 5.41) is 6.21. The molecule has 30 heavy (non-hydrogen) atoms. The summed E-state index contributed by atoms with van der Waals surface area (Å²) in [4.78, 5) is 26.2. The van der Waals surface area contributed by atoms with Crippen LogP contribution in [0.5, 0.6) is 0 Å². The van der Waals surface area contributed by atoms with Crippen molar-refractivity contribution in [3.8, 4) is 0 Å². The van der Waals surface area contributed by atoms with Gasteiger partial charge in [0.2, 0.25) is 0 Å². The molecular weight excluding hydrogens is 372 g/mol. The molecule has 1 aliphatic rings. The SMILES string of the molecule is O=C(NC1(NC(=O)c2ccccc2)CC=CC=C1c1ccccc1)c1ccccc1. The number of amides is 2. The Bertz CT molecular complexity index is 1030. The van der Waals surface area contributed by atoms with Gasteiger partial charge >= 0.3 is 0 Å². The van der Waals surface area contributed by atoms with E-state index in [4.69, 9.17) is 0 Å². The summed E-state index contributed by atoms with van der Waals surface area (Å²) in [5.74, 6) is -0.498. The normalized spacial score (nSPS) is 14.5. The number of nitrogens with one attached hydrogen (secondary N) is 2. The van der Waals surface area contributed by atoms with Crippen LogP contribution in [0, 0.1) is 0 Å². The minimum Gasteiger partial charge on any atom is -0.325 e. The Morgan fingerprint density at radius 3 is 1.63 bits per heavy atom. The average Bonchev–Trinajstić information content (AvgIpc) is 2.81. The molecule has 0 fully saturated rings. The zero-order chi connectivity index (χ0) is 20.8. The van der Waals surface area contributed by atoms with Gasteiger partial charge in [-0.15, -0.1) is 0 Å². The maximum Gasteiger partial charge on any atom is 0.253 e. The number of benzene rings is 3. The molecule has 0 heterocycles. The molecule has 4 heteroatoms. The van der Waals surface area contributed by atoms with Crippen molar-refractivity contribution in [2.75, 3.05) is 0 Å². The van der Waals surface area contributed by atoms with E-state index in [1.807, 2.05) is 85.0 Å². The summed E-state index contributed by atoms with van der Waals surface area (Å²) < 4.78 is 0. The van der Waals surface area contributed by atoms with Crippen molar-refractivity contribution in [1.82, 2.24) is 10.6 Å². The van der Waals surface area contributed by atoms with Crippen LogP contribution in [0.15, 0.2) is 109 Å². The Morgan fingerprint density at radius 2 is 1.13 bits per heavy atom. The molecule has 0 unspecified atom stereocenters. The van der Waals surface area contributed by atoms with Gasteiger partial charge in [0.1, 0.15) is 5.66 Å². The summed E-state index contributed by atoms with van der Waals surface area (Å²) in [6.45, 7) is 0. The summed E-state index contributed by atoms with van der Waals surface area (Å²) in [7, 11) is 0. The largest absolute Gasteiger partial charge is 0.325 e. The smallest absolute Gasteiger partial charge is 0.253 e. The number of carbonyl (C=O) groups is 2. The second-order valence-corrected chi connectivity index (χ2v) is 7.12. The second-order valence-electron chi connectivity index (χ2n) is 7.12. The van der Waals surface area contributed by atoms with E-state index in [9.17, 15) is 9.59 Å². The van der Waals surface area contributed by atoms with Crippen molar-refractivity contribution >= 4 is 17.4 Å². The first-order valence-electron chi connectivity index (χ1n) is 9.86. The molecular formula is C26H22N2O2. The van der Waals surface area contributed by atoms with Gasteiger partial charge < -0.3 is 10.6 Å². The highest BCUT2D eigenvalue weighted by Crippen LogP contribution is 2.32. The van der Waals surface area contributed by atoms with Crippen LogP contribution in [-0.2, 0) is 0 Å². The van der Waals surface area contributed by atoms with Crippen LogP contribution in [0.4, 0.5) is 0 Å². The van der Waals surface area contributed by atoms with E-state index in [0.717, 1.165) is 11.1 Å². The topological polar surface area (TPSA) is 58.2 Å². The van der Waals surface area contributed by atoms with E-state index < -0.39 is 5.66 Å². The van der Waals surface area contributed by atoms with Crippen LogP contribution in [-0.4, -0.2) is 17.5 Å². The standard InChI is InChI=1S/C26H22N2O2/c29-24(21-14-6-2-7-15-21)27-26(28-25(30)22-16-8-3-9-17-22)19-11-10-18-23(26)20-12-4-1-5-13-20/h1-18H,19H2,(H,27,29)(H,28,30). The third kappa shape index (κ3) is 4.08. The van der Waals surface area contributed by atoms with Crippen LogP contribution >= 0.6 is 0 Å². The molecule has 4 nitrogen and oxygen atoms in total. The van der Waals surface area contributed by atoms with Crippen molar-refractivity contribution in [1.29, 1.82) is 0 Å². The van der Waals surface area contributed by atoms with Crippen molar-refractivity contribution in [2.24, 2.45) is 0 Å². The van der Waals surface area contributed by atoms with Gasteiger partial charge in [-0.2, -0.15) is 0 Å². The van der Waals surface area contributed by atoms with Crippen molar-refractivity contribution in [3.05, 3.63) is 126 Å². The van der Waals surface area contributed by atoms with Gasteiger partial charge in [0.15, 0.2) is 0 Å². The van der Waals surface area contributed by atoms with Gasteiger partial charge in [0.25, 0.3) is 11.8 Å². The lowest BCUT2D eigenvalue weighted by molar-refractivity contribution is 0.0849. The zero-order valence-corrected chi connectivity index (χ0v) is 16.4. The summed E-state index contributed by atoms with van der Waals surface area (Å²) in [5.41, 5.74) is 1.76. The van der Waals surface area contributed by atoms with E-state index in [2.05, 4.69) is 10.6 Å². The molecule has 4 rings (SSSR count). The molecule has 0 atom stereocenters. The van der Waals surface area contributed by atoms with E-state index in [0.29, 0.717) is 17.5 Å². The van der Waals surface area contributed by atoms with E-state index in [-0.39, 0.29) is 11.8 Å². The molecule has 0 aliphatic heterocycles. The quantitative estimate of drug-likeness (QED) is 0.622. The van der Waals surface area contributed by atoms with Gasteiger partial charge in [-0.1, -0.05) is 85.0 Å². The van der Waals surface area contributed by atoms with E-state index in [1.165, 1.54) is 0 Å². The first-order valence-corrected chi connectivity index (χ1v) is 9.86. The summed E-state index contributed by atoms with van der Waals surface area (Å²) in [6, 6.07) is 27.8. The van der Waals surface area contributed by atoms with Crippen LogP contribution in [0.25, 0.3) is 5.57 Å². The minimum atomic E-state index is -1.07. The van der Waals surface area contributed by atoms with Gasteiger partial charge in [0.05, 0.1) is 0 Å². The first-order chi connectivity index (χ1) is 14.7. The number of rotatable bonds is 5. The molecule has 1 aliphatic carbocycles. The maximum absolute atomic E-state index is 13.1. The minimum absolute atomic E-state index is 0.249. The van der Waals surface area contributed by atoms with Crippen LogP contribution in [0.2, 0.25) is 0 Å². The fourth-order valence-electron chi connectivity index (χ4n) is 3.60. The molecule has 3 aromatic carbocycles. The predicted octanol–water partition coefficient (Wildman–Crippen LogP) is 4.59. The van der Waals surface area contributed by atoms with Crippen molar-refractivity contribution in [3.63, 3.8) is 0 Å². The highest BCUT2D eigenvalue weighted by Gasteiger charge is 2.38. The third-order valence-corrected chi connectivity index (χ3v) is 5.09.